The number of carbonyl (C=O) groups excluding carboxylic acids is 2. The minimum atomic E-state index is -3.21. The molecule has 1 aromatic carbocycles. The molecule has 30 heavy (non-hydrogen) atoms. The Morgan fingerprint density at radius 3 is 2.47 bits per heavy atom. The Bertz CT molecular complexity index is 874. The predicted octanol–water partition coefficient (Wildman–Crippen LogP) is 4.38. The van der Waals surface area contributed by atoms with Crippen LogP contribution in [0.5, 0.6) is 11.5 Å². The van der Waals surface area contributed by atoms with Crippen LogP contribution < -0.4 is 14.8 Å². The lowest BCUT2D eigenvalue weighted by atomic mass is 10.1. The van der Waals surface area contributed by atoms with Crippen molar-refractivity contribution >= 4 is 29.3 Å². The van der Waals surface area contributed by atoms with Crippen molar-refractivity contribution in [3.05, 3.63) is 52.2 Å². The number of nitrogens with one attached hydrogen (secondary N) is 1. The van der Waals surface area contributed by atoms with Gasteiger partial charge in [-0.15, -0.1) is 11.3 Å². The topological polar surface area (TPSA) is 73.9 Å². The number of halogens is 4. The molecular formula is C19H17F4NO5S. The summed E-state index contributed by atoms with van der Waals surface area (Å²) >= 11 is 1.33. The van der Waals surface area contributed by atoms with Crippen molar-refractivity contribution in [2.24, 2.45) is 0 Å². The van der Waals surface area contributed by atoms with Crippen molar-refractivity contribution in [3.63, 3.8) is 0 Å². The van der Waals surface area contributed by atoms with Gasteiger partial charge in [-0.1, -0.05) is 6.07 Å². The molecule has 2 rings (SSSR count). The lowest BCUT2D eigenvalue weighted by molar-refractivity contribution is -0.141. The van der Waals surface area contributed by atoms with E-state index < -0.39 is 36.9 Å². The third-order valence-corrected chi connectivity index (χ3v) is 4.63. The van der Waals surface area contributed by atoms with Crippen LogP contribution in [0.2, 0.25) is 0 Å². The lowest BCUT2D eigenvalue weighted by Gasteiger charge is -2.15. The molecule has 1 atom stereocenters. The zero-order chi connectivity index (χ0) is 22.1. The Morgan fingerprint density at radius 1 is 1.13 bits per heavy atom. The van der Waals surface area contributed by atoms with Gasteiger partial charge >= 0.3 is 19.2 Å². The highest BCUT2D eigenvalue weighted by Crippen LogP contribution is 2.29. The number of hydrogen-bond donors (Lipinski definition) is 1. The van der Waals surface area contributed by atoms with Gasteiger partial charge in [0.1, 0.15) is 11.5 Å². The van der Waals surface area contributed by atoms with Crippen LogP contribution in [0.25, 0.3) is 6.08 Å². The van der Waals surface area contributed by atoms with Crippen LogP contribution in [0, 0.1) is 0 Å². The van der Waals surface area contributed by atoms with Crippen LogP contribution >= 0.6 is 11.3 Å². The molecule has 162 valence electrons. The maximum absolute atomic E-state index is 12.6. The fourth-order valence-corrected chi connectivity index (χ4v) is 3.15. The molecule has 0 aliphatic carbocycles. The SMILES string of the molecule is COC(=O)CC(NC(=O)/C=C/c1ccc(OC(F)F)cc1OC(F)F)c1cccs1. The van der Waals surface area contributed by atoms with Crippen molar-refractivity contribution in [3.8, 4) is 11.5 Å². The normalized spacial score (nSPS) is 12.2. The van der Waals surface area contributed by atoms with Crippen molar-refractivity contribution < 1.29 is 41.4 Å². The van der Waals surface area contributed by atoms with Crippen LogP contribution in [0.3, 0.4) is 0 Å². The summed E-state index contributed by atoms with van der Waals surface area (Å²) in [6.45, 7) is -6.35. The first kappa shape index (κ1) is 23.2. The molecule has 2 aromatic rings. The molecule has 0 bridgehead atoms. The summed E-state index contributed by atoms with van der Waals surface area (Å²) in [6, 6.07) is 6.01. The van der Waals surface area contributed by atoms with Crippen molar-refractivity contribution in [1.29, 1.82) is 0 Å². The highest BCUT2D eigenvalue weighted by molar-refractivity contribution is 7.10. The van der Waals surface area contributed by atoms with Gasteiger partial charge in [0.15, 0.2) is 0 Å². The first-order chi connectivity index (χ1) is 14.3. The van der Waals surface area contributed by atoms with E-state index in [1.165, 1.54) is 30.6 Å². The maximum Gasteiger partial charge on any atom is 0.387 e. The van der Waals surface area contributed by atoms with E-state index in [2.05, 4.69) is 19.5 Å². The van der Waals surface area contributed by atoms with Crippen LogP contribution in [-0.4, -0.2) is 32.2 Å². The summed E-state index contributed by atoms with van der Waals surface area (Å²) in [7, 11) is 1.22. The van der Waals surface area contributed by atoms with Crippen LogP contribution in [0.15, 0.2) is 41.8 Å². The molecule has 0 saturated carbocycles. The molecule has 1 heterocycles. The first-order valence-corrected chi connectivity index (χ1v) is 9.29. The second-order valence-electron chi connectivity index (χ2n) is 5.65. The van der Waals surface area contributed by atoms with Crippen LogP contribution in [0.4, 0.5) is 17.6 Å². The van der Waals surface area contributed by atoms with Crippen molar-refractivity contribution in [2.45, 2.75) is 25.7 Å². The first-order valence-electron chi connectivity index (χ1n) is 8.41. The lowest BCUT2D eigenvalue weighted by Crippen LogP contribution is -2.28. The van der Waals surface area contributed by atoms with E-state index >= 15 is 0 Å². The Kier molecular flexibility index (Phi) is 8.66. The van der Waals surface area contributed by atoms with E-state index in [0.717, 1.165) is 23.1 Å². The number of carbonyl (C=O) groups is 2. The van der Waals surface area contributed by atoms with Gasteiger partial charge < -0.3 is 19.5 Å². The average Bonchev–Trinajstić information content (AvgIpc) is 3.20. The van der Waals surface area contributed by atoms with Crippen molar-refractivity contribution in [1.82, 2.24) is 5.32 Å². The molecule has 0 spiro atoms. The number of esters is 1. The van der Waals surface area contributed by atoms with Crippen LogP contribution in [-0.2, 0) is 14.3 Å². The van der Waals surface area contributed by atoms with Gasteiger partial charge in [-0.25, -0.2) is 0 Å². The number of amides is 1. The molecule has 1 N–H and O–H groups in total. The number of hydrogen-bond acceptors (Lipinski definition) is 6. The minimum absolute atomic E-state index is 0.0349. The second-order valence-corrected chi connectivity index (χ2v) is 6.63. The molecule has 0 aliphatic heterocycles. The molecular weight excluding hydrogens is 430 g/mol. The smallest absolute Gasteiger partial charge is 0.387 e. The number of methoxy groups -OCH3 is 1. The van der Waals surface area contributed by atoms with Gasteiger partial charge in [0, 0.05) is 22.6 Å². The number of rotatable bonds is 10. The molecule has 0 radical (unpaired) electrons. The number of ether oxygens (including phenoxy) is 3. The van der Waals surface area contributed by atoms with E-state index in [-0.39, 0.29) is 17.7 Å². The Morgan fingerprint density at radius 2 is 1.87 bits per heavy atom. The molecule has 1 unspecified atom stereocenters. The molecule has 6 nitrogen and oxygen atoms in total. The number of benzene rings is 1. The number of alkyl halides is 4. The monoisotopic (exact) mass is 447 g/mol. The fraction of sp³-hybridized carbons (Fsp3) is 0.263. The predicted molar refractivity (Wildman–Crippen MR) is 101 cm³/mol. The highest BCUT2D eigenvalue weighted by atomic mass is 32.1. The minimum Gasteiger partial charge on any atom is -0.469 e. The fourth-order valence-electron chi connectivity index (χ4n) is 2.37. The summed E-state index contributed by atoms with van der Waals surface area (Å²) < 4.78 is 63.0. The summed E-state index contributed by atoms with van der Waals surface area (Å²) in [6.07, 6.45) is 2.11. The van der Waals surface area contributed by atoms with Crippen molar-refractivity contribution in [2.75, 3.05) is 7.11 Å². The Labute approximate surface area is 173 Å². The second kappa shape index (κ2) is 11.2. The summed E-state index contributed by atoms with van der Waals surface area (Å²) in [5, 5.41) is 4.40. The van der Waals surface area contributed by atoms with Gasteiger partial charge in [-0.3, -0.25) is 9.59 Å². The third kappa shape index (κ3) is 7.39. The standard InChI is InChI=1S/C19H17F4NO5S/c1-27-17(26)10-13(15-3-2-8-30-15)24-16(25)7-5-11-4-6-12(28-18(20)21)9-14(11)29-19(22)23/h2-9,13,18-19H,10H2,1H3,(H,24,25)/b7-5+. The average molecular weight is 447 g/mol. The molecule has 1 amide bonds. The zero-order valence-corrected chi connectivity index (χ0v) is 16.3. The van der Waals surface area contributed by atoms with E-state index in [4.69, 9.17) is 0 Å². The van der Waals surface area contributed by atoms with E-state index in [1.54, 1.807) is 17.5 Å². The maximum atomic E-state index is 12.6. The molecule has 0 aliphatic rings. The highest BCUT2D eigenvalue weighted by Gasteiger charge is 2.19. The Balaban J connectivity index is 2.16. The summed E-state index contributed by atoms with van der Waals surface area (Å²) in [5.74, 6) is -1.97. The quantitative estimate of drug-likeness (QED) is 0.332. The molecule has 0 saturated heterocycles. The third-order valence-electron chi connectivity index (χ3n) is 3.64. The van der Waals surface area contributed by atoms with Gasteiger partial charge in [-0.2, -0.15) is 17.6 Å². The summed E-state index contributed by atoms with van der Waals surface area (Å²) in [5.41, 5.74) is 0.0349. The van der Waals surface area contributed by atoms with Gasteiger partial charge in [0.25, 0.3) is 0 Å². The Hall–Kier alpha value is -3.08. The van der Waals surface area contributed by atoms with E-state index in [0.29, 0.717) is 0 Å². The van der Waals surface area contributed by atoms with Gasteiger partial charge in [0.05, 0.1) is 19.6 Å². The van der Waals surface area contributed by atoms with Gasteiger partial charge in [0.2, 0.25) is 5.91 Å². The zero-order valence-electron chi connectivity index (χ0n) is 15.5. The summed E-state index contributed by atoms with van der Waals surface area (Å²) in [4.78, 5) is 24.6. The molecule has 11 heteroatoms. The molecule has 1 aromatic heterocycles. The molecule has 0 fully saturated rings. The van der Waals surface area contributed by atoms with E-state index in [1.807, 2.05) is 0 Å². The largest absolute Gasteiger partial charge is 0.469 e. The number of thiophene rings is 1. The van der Waals surface area contributed by atoms with E-state index in [9.17, 15) is 27.2 Å². The van der Waals surface area contributed by atoms with Crippen LogP contribution in [0.1, 0.15) is 22.9 Å². The van der Waals surface area contributed by atoms with Gasteiger partial charge in [-0.05, 0) is 29.7 Å².